The molecule has 126 valence electrons. The molecule has 0 atom stereocenters. The second-order valence-electron chi connectivity index (χ2n) is 6.01. The normalized spacial score (nSPS) is 17.2. The Morgan fingerprint density at radius 2 is 1.67 bits per heavy atom. The fourth-order valence-corrected chi connectivity index (χ4v) is 4.61. The second-order valence-corrected chi connectivity index (χ2v) is 7.92. The van der Waals surface area contributed by atoms with E-state index in [1.807, 2.05) is 30.3 Å². The summed E-state index contributed by atoms with van der Waals surface area (Å²) in [5, 5.41) is 0. The van der Waals surface area contributed by atoms with E-state index in [1.165, 1.54) is 18.2 Å². The van der Waals surface area contributed by atoms with Crippen LogP contribution < -0.4 is 5.73 Å². The summed E-state index contributed by atoms with van der Waals surface area (Å²) in [4.78, 5) is 11.5. The van der Waals surface area contributed by atoms with Gasteiger partial charge in [0.05, 0.1) is 5.41 Å². The first-order valence-corrected chi connectivity index (χ1v) is 8.88. The molecule has 0 aromatic heterocycles. The Hall–Kier alpha value is -2.25. The van der Waals surface area contributed by atoms with Crippen molar-refractivity contribution in [1.82, 2.24) is 4.31 Å². The van der Waals surface area contributed by atoms with Crippen LogP contribution in [0.4, 0.5) is 4.39 Å². The van der Waals surface area contributed by atoms with Gasteiger partial charge < -0.3 is 5.73 Å². The van der Waals surface area contributed by atoms with Crippen molar-refractivity contribution in [2.45, 2.75) is 11.3 Å². The van der Waals surface area contributed by atoms with E-state index in [2.05, 4.69) is 0 Å². The third-order valence-corrected chi connectivity index (χ3v) is 6.15. The number of carbonyl (C=O) groups excluding carboxylic acids is 1. The summed E-state index contributed by atoms with van der Waals surface area (Å²) in [5.74, 6) is -1.36. The summed E-state index contributed by atoms with van der Waals surface area (Å²) in [6.07, 6.45) is 0.354. The molecule has 0 spiro atoms. The average molecular weight is 348 g/mol. The molecular weight excluding hydrogens is 331 g/mol. The third-order valence-electron chi connectivity index (χ3n) is 4.32. The molecule has 0 radical (unpaired) electrons. The van der Waals surface area contributed by atoms with Gasteiger partial charge in [-0.2, -0.15) is 4.31 Å². The number of primary amides is 1. The van der Waals surface area contributed by atoms with Gasteiger partial charge in [0, 0.05) is 13.1 Å². The van der Waals surface area contributed by atoms with Crippen LogP contribution in [0.2, 0.25) is 0 Å². The van der Waals surface area contributed by atoms with Crippen LogP contribution in [0.3, 0.4) is 0 Å². The molecule has 1 aliphatic heterocycles. The largest absolute Gasteiger partial charge is 0.369 e. The van der Waals surface area contributed by atoms with Crippen LogP contribution >= 0.6 is 0 Å². The molecule has 2 aromatic rings. The van der Waals surface area contributed by atoms with E-state index in [-0.39, 0.29) is 18.0 Å². The van der Waals surface area contributed by atoms with Gasteiger partial charge in [-0.05, 0) is 24.1 Å². The monoisotopic (exact) mass is 348 g/mol. The number of rotatable bonds is 5. The van der Waals surface area contributed by atoms with Crippen LogP contribution in [0.15, 0.2) is 59.5 Å². The maximum Gasteiger partial charge on any atom is 0.246 e. The number of amides is 1. The van der Waals surface area contributed by atoms with Gasteiger partial charge >= 0.3 is 0 Å². The van der Waals surface area contributed by atoms with Crippen LogP contribution in [0.1, 0.15) is 5.56 Å². The lowest BCUT2D eigenvalue weighted by atomic mass is 9.75. The van der Waals surface area contributed by atoms with Crippen molar-refractivity contribution in [3.8, 4) is 0 Å². The molecule has 0 unspecified atom stereocenters. The van der Waals surface area contributed by atoms with E-state index < -0.39 is 27.2 Å². The maximum atomic E-state index is 13.8. The number of hydrogen-bond acceptors (Lipinski definition) is 3. The fourth-order valence-electron chi connectivity index (χ4n) is 2.93. The molecule has 24 heavy (non-hydrogen) atoms. The molecule has 1 heterocycles. The van der Waals surface area contributed by atoms with E-state index in [1.54, 1.807) is 0 Å². The van der Waals surface area contributed by atoms with Gasteiger partial charge in [-0.3, -0.25) is 4.79 Å². The average Bonchev–Trinajstić information content (AvgIpc) is 2.51. The Bertz CT molecular complexity index is 862. The molecule has 1 amide bonds. The number of nitrogens with zero attached hydrogens (tertiary/aromatic N) is 1. The summed E-state index contributed by atoms with van der Waals surface area (Å²) in [5.41, 5.74) is 5.46. The molecule has 1 saturated heterocycles. The maximum absolute atomic E-state index is 13.8. The molecule has 0 aliphatic carbocycles. The van der Waals surface area contributed by atoms with Gasteiger partial charge in [-0.15, -0.1) is 0 Å². The molecule has 1 aliphatic rings. The summed E-state index contributed by atoms with van der Waals surface area (Å²) in [6.45, 7) is -0.0954. The number of nitrogens with two attached hydrogens (primary N) is 1. The minimum absolute atomic E-state index is 0.0477. The number of benzene rings is 2. The highest BCUT2D eigenvalue weighted by molar-refractivity contribution is 7.89. The van der Waals surface area contributed by atoms with Crippen LogP contribution in [0.25, 0.3) is 0 Å². The van der Waals surface area contributed by atoms with E-state index in [4.69, 9.17) is 5.73 Å². The predicted octanol–water partition coefficient (Wildman–Crippen LogP) is 1.54. The lowest BCUT2D eigenvalue weighted by molar-refractivity contribution is -0.134. The van der Waals surface area contributed by atoms with E-state index in [0.29, 0.717) is 6.42 Å². The highest BCUT2D eigenvalue weighted by atomic mass is 32.2. The molecule has 1 fully saturated rings. The van der Waals surface area contributed by atoms with Crippen molar-refractivity contribution in [3.05, 3.63) is 66.0 Å². The van der Waals surface area contributed by atoms with E-state index in [9.17, 15) is 17.6 Å². The van der Waals surface area contributed by atoms with Crippen molar-refractivity contribution >= 4 is 15.9 Å². The molecular formula is C17H17FN2O3S. The zero-order chi connectivity index (χ0) is 17.4. The van der Waals surface area contributed by atoms with E-state index in [0.717, 1.165) is 15.9 Å². The number of halogens is 1. The summed E-state index contributed by atoms with van der Waals surface area (Å²) < 4.78 is 40.0. The highest BCUT2D eigenvalue weighted by Crippen LogP contribution is 2.38. The van der Waals surface area contributed by atoms with Gasteiger partial charge in [-0.1, -0.05) is 42.5 Å². The zero-order valence-corrected chi connectivity index (χ0v) is 13.7. The molecule has 7 heteroatoms. The van der Waals surface area contributed by atoms with Crippen LogP contribution in [0, 0.1) is 11.2 Å². The quantitative estimate of drug-likeness (QED) is 0.890. The molecule has 2 aromatic carbocycles. The highest BCUT2D eigenvalue weighted by Gasteiger charge is 2.52. The second kappa shape index (κ2) is 5.99. The Morgan fingerprint density at radius 1 is 1.08 bits per heavy atom. The lowest BCUT2D eigenvalue weighted by Crippen LogP contribution is -2.64. The van der Waals surface area contributed by atoms with Gasteiger partial charge in [0.25, 0.3) is 0 Å². The Balaban J connectivity index is 1.83. The first kappa shape index (κ1) is 16.6. The lowest BCUT2D eigenvalue weighted by Gasteiger charge is -2.47. The number of hydrogen-bond donors (Lipinski definition) is 1. The van der Waals surface area contributed by atoms with E-state index >= 15 is 0 Å². The third kappa shape index (κ3) is 2.81. The molecule has 5 nitrogen and oxygen atoms in total. The molecule has 3 rings (SSSR count). The fraction of sp³-hybridized carbons (Fsp3) is 0.235. The first-order chi connectivity index (χ1) is 11.3. The number of sulfonamides is 1. The van der Waals surface area contributed by atoms with Crippen molar-refractivity contribution in [2.24, 2.45) is 11.1 Å². The van der Waals surface area contributed by atoms with Gasteiger partial charge in [0.2, 0.25) is 15.9 Å². The van der Waals surface area contributed by atoms with Crippen LogP contribution in [-0.4, -0.2) is 31.7 Å². The van der Waals surface area contributed by atoms with Crippen LogP contribution in [-0.2, 0) is 21.2 Å². The summed E-state index contributed by atoms with van der Waals surface area (Å²) in [6, 6.07) is 14.5. The molecule has 0 bridgehead atoms. The smallest absolute Gasteiger partial charge is 0.246 e. The number of carbonyl (C=O) groups is 1. The molecule has 2 N–H and O–H groups in total. The van der Waals surface area contributed by atoms with Crippen molar-refractivity contribution in [2.75, 3.05) is 13.1 Å². The topological polar surface area (TPSA) is 80.5 Å². The Labute approximate surface area is 139 Å². The van der Waals surface area contributed by atoms with Gasteiger partial charge in [0.1, 0.15) is 10.7 Å². The van der Waals surface area contributed by atoms with Gasteiger partial charge in [-0.25, -0.2) is 12.8 Å². The molecule has 0 saturated carbocycles. The van der Waals surface area contributed by atoms with Crippen molar-refractivity contribution in [3.63, 3.8) is 0 Å². The SMILES string of the molecule is NC(=O)C1(Cc2ccccc2)CN(S(=O)(=O)c2ccccc2F)C1. The summed E-state index contributed by atoms with van der Waals surface area (Å²) >= 11 is 0. The predicted molar refractivity (Wildman–Crippen MR) is 86.9 cm³/mol. The van der Waals surface area contributed by atoms with Crippen LogP contribution in [0.5, 0.6) is 0 Å². The van der Waals surface area contributed by atoms with Crippen molar-refractivity contribution < 1.29 is 17.6 Å². The Morgan fingerprint density at radius 3 is 2.25 bits per heavy atom. The zero-order valence-electron chi connectivity index (χ0n) is 12.9. The minimum atomic E-state index is -3.98. The standard InChI is InChI=1S/C17H17FN2O3S/c18-14-8-4-5-9-15(14)24(22,23)20-11-17(12-20,16(19)21)10-13-6-2-1-3-7-13/h1-9H,10-12H2,(H2,19,21). The summed E-state index contributed by atoms with van der Waals surface area (Å²) in [7, 11) is -3.98. The minimum Gasteiger partial charge on any atom is -0.369 e. The first-order valence-electron chi connectivity index (χ1n) is 7.44. The van der Waals surface area contributed by atoms with Crippen molar-refractivity contribution in [1.29, 1.82) is 0 Å². The van der Waals surface area contributed by atoms with Gasteiger partial charge in [0.15, 0.2) is 0 Å². The Kier molecular flexibility index (Phi) is 4.15.